The van der Waals surface area contributed by atoms with Crippen molar-refractivity contribution in [2.45, 2.75) is 18.7 Å². The van der Waals surface area contributed by atoms with Gasteiger partial charge in [0.2, 0.25) is 10.0 Å². The standard InChI is InChI=1S/C12H16N2O4S/c1-9(2)6-14-19(17,18)11-5-10(7-13-8-11)3-4-12(15)16/h3-5,7-9,14H,6H2,1-2H3,(H,15,16). The van der Waals surface area contributed by atoms with Gasteiger partial charge in [-0.3, -0.25) is 4.98 Å². The average molecular weight is 284 g/mol. The molecule has 0 amide bonds. The topological polar surface area (TPSA) is 96.4 Å². The Kier molecular flexibility index (Phi) is 5.20. The lowest BCUT2D eigenvalue weighted by atomic mass is 10.2. The lowest BCUT2D eigenvalue weighted by Gasteiger charge is -2.08. The maximum absolute atomic E-state index is 11.9. The molecule has 1 rings (SSSR count). The van der Waals surface area contributed by atoms with Gasteiger partial charge in [-0.15, -0.1) is 0 Å². The number of hydrogen-bond acceptors (Lipinski definition) is 4. The molecule has 0 aliphatic heterocycles. The molecule has 0 spiro atoms. The van der Waals surface area contributed by atoms with Gasteiger partial charge in [-0.1, -0.05) is 13.8 Å². The Hall–Kier alpha value is -1.73. The molecule has 2 N–H and O–H groups in total. The highest BCUT2D eigenvalue weighted by Gasteiger charge is 2.14. The van der Waals surface area contributed by atoms with Gasteiger partial charge >= 0.3 is 5.97 Å². The number of nitrogens with one attached hydrogen (secondary N) is 1. The summed E-state index contributed by atoms with van der Waals surface area (Å²) < 4.78 is 26.3. The molecule has 1 aromatic rings. The first-order valence-electron chi connectivity index (χ1n) is 5.67. The average Bonchev–Trinajstić information content (AvgIpc) is 2.34. The van der Waals surface area contributed by atoms with Crippen molar-refractivity contribution in [3.63, 3.8) is 0 Å². The van der Waals surface area contributed by atoms with E-state index in [2.05, 4.69) is 9.71 Å². The fraction of sp³-hybridized carbons (Fsp3) is 0.333. The molecule has 0 aromatic carbocycles. The maximum Gasteiger partial charge on any atom is 0.328 e. The zero-order valence-corrected chi connectivity index (χ0v) is 11.5. The van der Waals surface area contributed by atoms with E-state index < -0.39 is 16.0 Å². The first kappa shape index (κ1) is 15.3. The number of hydrogen-bond donors (Lipinski definition) is 2. The second kappa shape index (κ2) is 6.44. The summed E-state index contributed by atoms with van der Waals surface area (Å²) in [6, 6.07) is 1.37. The molecule has 0 unspecified atom stereocenters. The highest BCUT2D eigenvalue weighted by atomic mass is 32.2. The van der Waals surface area contributed by atoms with Gasteiger partial charge in [0, 0.05) is 25.0 Å². The van der Waals surface area contributed by atoms with Gasteiger partial charge in [0.25, 0.3) is 0 Å². The third kappa shape index (κ3) is 5.19. The number of carbonyl (C=O) groups is 1. The predicted octanol–water partition coefficient (Wildman–Crippen LogP) is 1.11. The number of pyridine rings is 1. The fourth-order valence-electron chi connectivity index (χ4n) is 1.20. The van der Waals surface area contributed by atoms with Crippen LogP contribution in [0.25, 0.3) is 6.08 Å². The first-order chi connectivity index (χ1) is 8.81. The molecule has 0 radical (unpaired) electrons. The van der Waals surface area contributed by atoms with Crippen molar-refractivity contribution in [3.8, 4) is 0 Å². The van der Waals surface area contributed by atoms with E-state index in [0.29, 0.717) is 12.1 Å². The molecule has 7 heteroatoms. The number of aromatic nitrogens is 1. The first-order valence-corrected chi connectivity index (χ1v) is 7.15. The molecule has 1 heterocycles. The predicted molar refractivity (Wildman–Crippen MR) is 70.9 cm³/mol. The van der Waals surface area contributed by atoms with Gasteiger partial charge < -0.3 is 5.11 Å². The van der Waals surface area contributed by atoms with Crippen LogP contribution in [0.2, 0.25) is 0 Å². The maximum atomic E-state index is 11.9. The van der Waals surface area contributed by atoms with Crippen LogP contribution >= 0.6 is 0 Å². The summed E-state index contributed by atoms with van der Waals surface area (Å²) in [5, 5.41) is 8.51. The number of carboxylic acid groups (broad SMARTS) is 1. The van der Waals surface area contributed by atoms with Crippen LogP contribution in [0.4, 0.5) is 0 Å². The Morgan fingerprint density at radius 1 is 1.47 bits per heavy atom. The summed E-state index contributed by atoms with van der Waals surface area (Å²) in [4.78, 5) is 14.2. The molecule has 6 nitrogen and oxygen atoms in total. The van der Waals surface area contributed by atoms with Crippen molar-refractivity contribution in [1.29, 1.82) is 0 Å². The van der Waals surface area contributed by atoms with Crippen molar-refractivity contribution < 1.29 is 18.3 Å². The van der Waals surface area contributed by atoms with E-state index in [1.54, 1.807) is 0 Å². The molecular weight excluding hydrogens is 268 g/mol. The molecule has 19 heavy (non-hydrogen) atoms. The fourth-order valence-corrected chi connectivity index (χ4v) is 2.41. The summed E-state index contributed by atoms with van der Waals surface area (Å²) in [6.07, 6.45) is 4.83. The molecule has 1 aromatic heterocycles. The van der Waals surface area contributed by atoms with Gasteiger partial charge in [-0.05, 0) is 23.6 Å². The van der Waals surface area contributed by atoms with Gasteiger partial charge in [0.05, 0.1) is 0 Å². The SMILES string of the molecule is CC(C)CNS(=O)(=O)c1cncc(C=CC(=O)O)c1. The second-order valence-electron chi connectivity index (χ2n) is 4.37. The Morgan fingerprint density at radius 2 is 2.16 bits per heavy atom. The molecule has 0 atom stereocenters. The Morgan fingerprint density at radius 3 is 2.74 bits per heavy atom. The third-order valence-corrected chi connectivity index (χ3v) is 3.54. The zero-order valence-electron chi connectivity index (χ0n) is 10.7. The monoisotopic (exact) mass is 284 g/mol. The summed E-state index contributed by atoms with van der Waals surface area (Å²) in [6.45, 7) is 4.12. The minimum absolute atomic E-state index is 0.0145. The lowest BCUT2D eigenvalue weighted by Crippen LogP contribution is -2.27. The normalized spacial score (nSPS) is 12.2. The van der Waals surface area contributed by atoms with Crippen molar-refractivity contribution in [2.75, 3.05) is 6.54 Å². The van der Waals surface area contributed by atoms with Gasteiger partial charge in [0.15, 0.2) is 0 Å². The highest BCUT2D eigenvalue weighted by Crippen LogP contribution is 2.11. The molecule has 0 aliphatic rings. The number of rotatable bonds is 6. The number of nitrogens with zero attached hydrogens (tertiary/aromatic N) is 1. The van der Waals surface area contributed by atoms with E-state index in [-0.39, 0.29) is 10.8 Å². The molecular formula is C12H16N2O4S. The van der Waals surface area contributed by atoms with Crippen LogP contribution in [0.3, 0.4) is 0 Å². The second-order valence-corrected chi connectivity index (χ2v) is 6.14. The van der Waals surface area contributed by atoms with Crippen LogP contribution in [-0.4, -0.2) is 31.0 Å². The number of sulfonamides is 1. The van der Waals surface area contributed by atoms with Crippen molar-refractivity contribution >= 4 is 22.1 Å². The summed E-state index contributed by atoms with van der Waals surface area (Å²) in [5.74, 6) is -0.913. The molecule has 0 saturated carbocycles. The van der Waals surface area contributed by atoms with E-state index >= 15 is 0 Å². The van der Waals surface area contributed by atoms with Gasteiger partial charge in [-0.2, -0.15) is 0 Å². The van der Waals surface area contributed by atoms with Crippen molar-refractivity contribution in [3.05, 3.63) is 30.1 Å². The van der Waals surface area contributed by atoms with E-state index in [9.17, 15) is 13.2 Å². The van der Waals surface area contributed by atoms with Crippen LogP contribution in [0.5, 0.6) is 0 Å². The largest absolute Gasteiger partial charge is 0.478 e. The summed E-state index contributed by atoms with van der Waals surface area (Å²) in [7, 11) is -3.61. The van der Waals surface area contributed by atoms with E-state index in [1.165, 1.54) is 24.5 Å². The van der Waals surface area contributed by atoms with E-state index in [0.717, 1.165) is 6.08 Å². The minimum atomic E-state index is -3.61. The molecule has 104 valence electrons. The zero-order chi connectivity index (χ0) is 14.5. The molecule has 0 bridgehead atoms. The van der Waals surface area contributed by atoms with Crippen molar-refractivity contribution in [1.82, 2.24) is 9.71 Å². The van der Waals surface area contributed by atoms with Crippen LogP contribution in [0.15, 0.2) is 29.4 Å². The lowest BCUT2D eigenvalue weighted by molar-refractivity contribution is -0.131. The van der Waals surface area contributed by atoms with Crippen LogP contribution in [-0.2, 0) is 14.8 Å². The van der Waals surface area contributed by atoms with Gasteiger partial charge in [0.1, 0.15) is 4.90 Å². The van der Waals surface area contributed by atoms with E-state index in [4.69, 9.17) is 5.11 Å². The number of carboxylic acids is 1. The molecule has 0 saturated heterocycles. The highest BCUT2D eigenvalue weighted by molar-refractivity contribution is 7.89. The van der Waals surface area contributed by atoms with Crippen LogP contribution < -0.4 is 4.72 Å². The molecule has 0 aliphatic carbocycles. The van der Waals surface area contributed by atoms with Crippen LogP contribution in [0, 0.1) is 5.92 Å². The smallest absolute Gasteiger partial charge is 0.328 e. The summed E-state index contributed by atoms with van der Waals surface area (Å²) in [5.41, 5.74) is 0.412. The quantitative estimate of drug-likeness (QED) is 0.763. The summed E-state index contributed by atoms with van der Waals surface area (Å²) >= 11 is 0. The van der Waals surface area contributed by atoms with E-state index in [1.807, 2.05) is 13.8 Å². The minimum Gasteiger partial charge on any atom is -0.478 e. The third-order valence-electron chi connectivity index (χ3n) is 2.14. The number of aliphatic carboxylic acids is 1. The van der Waals surface area contributed by atoms with Crippen LogP contribution in [0.1, 0.15) is 19.4 Å². The molecule has 0 fully saturated rings. The Labute approximate surface area is 112 Å². The van der Waals surface area contributed by atoms with Crippen molar-refractivity contribution in [2.24, 2.45) is 5.92 Å². The van der Waals surface area contributed by atoms with Gasteiger partial charge in [-0.25, -0.2) is 17.9 Å². The Bertz CT molecular complexity index is 579. The Balaban J connectivity index is 2.95.